The fourth-order valence-electron chi connectivity index (χ4n) is 1.66. The first kappa shape index (κ1) is 12.5. The maximum atomic E-state index is 12.2. The number of sulfone groups is 1. The fraction of sp³-hybridized carbons (Fsp3) is 0.417. The van der Waals surface area contributed by atoms with Crippen LogP contribution in [0, 0.1) is 11.3 Å². The average Bonchev–Trinajstić information content (AvgIpc) is 3.11. The van der Waals surface area contributed by atoms with Gasteiger partial charge >= 0.3 is 0 Å². The van der Waals surface area contributed by atoms with E-state index in [0.717, 1.165) is 10.6 Å². The van der Waals surface area contributed by atoms with Gasteiger partial charge in [-0.3, -0.25) is 0 Å². The summed E-state index contributed by atoms with van der Waals surface area (Å²) >= 11 is 1.66. The normalized spacial score (nSPS) is 17.4. The number of hydrogen-bond acceptors (Lipinski definition) is 4. The Kier molecular flexibility index (Phi) is 3.19. The summed E-state index contributed by atoms with van der Waals surface area (Å²) in [6.45, 7) is 2.05. The molecule has 0 unspecified atom stereocenters. The van der Waals surface area contributed by atoms with Gasteiger partial charge in [0.2, 0.25) is 0 Å². The van der Waals surface area contributed by atoms with Crippen molar-refractivity contribution in [2.24, 2.45) is 0 Å². The Morgan fingerprint density at radius 3 is 2.35 bits per heavy atom. The van der Waals surface area contributed by atoms with E-state index in [1.165, 1.54) is 0 Å². The van der Waals surface area contributed by atoms with Crippen LogP contribution in [0.15, 0.2) is 34.1 Å². The van der Waals surface area contributed by atoms with E-state index in [4.69, 9.17) is 5.26 Å². The summed E-state index contributed by atoms with van der Waals surface area (Å²) in [5.41, 5.74) is 0. The van der Waals surface area contributed by atoms with Crippen molar-refractivity contribution in [2.45, 2.75) is 34.3 Å². The molecule has 5 heteroatoms. The van der Waals surface area contributed by atoms with Gasteiger partial charge < -0.3 is 0 Å². The van der Waals surface area contributed by atoms with Crippen molar-refractivity contribution >= 4 is 21.6 Å². The molecule has 0 atom stereocenters. The highest BCUT2D eigenvalue weighted by Gasteiger charge is 2.55. The van der Waals surface area contributed by atoms with Gasteiger partial charge in [-0.1, -0.05) is 6.92 Å². The van der Waals surface area contributed by atoms with Gasteiger partial charge in [0, 0.05) is 4.90 Å². The summed E-state index contributed by atoms with van der Waals surface area (Å²) in [5.74, 6) is 0.953. The molecule has 1 saturated carbocycles. The molecule has 90 valence electrons. The number of rotatable bonds is 4. The summed E-state index contributed by atoms with van der Waals surface area (Å²) in [7, 11) is -3.48. The molecule has 0 amide bonds. The monoisotopic (exact) mass is 267 g/mol. The Morgan fingerprint density at radius 2 is 1.94 bits per heavy atom. The quantitative estimate of drug-likeness (QED) is 0.787. The first-order valence-corrected chi connectivity index (χ1v) is 7.91. The Hall–Kier alpha value is -0.990. The molecule has 0 N–H and O–H groups in total. The molecule has 17 heavy (non-hydrogen) atoms. The van der Waals surface area contributed by atoms with E-state index in [9.17, 15) is 8.42 Å². The van der Waals surface area contributed by atoms with E-state index in [2.05, 4.69) is 0 Å². The third-order valence-electron chi connectivity index (χ3n) is 2.87. The molecular formula is C12H13NO2S2. The van der Waals surface area contributed by atoms with Crippen LogP contribution in [0.3, 0.4) is 0 Å². The molecule has 0 radical (unpaired) electrons. The maximum absolute atomic E-state index is 12.2. The highest BCUT2D eigenvalue weighted by atomic mass is 32.2. The Labute approximate surface area is 106 Å². The van der Waals surface area contributed by atoms with Crippen LogP contribution < -0.4 is 0 Å². The van der Waals surface area contributed by atoms with Crippen LogP contribution in [0.25, 0.3) is 0 Å². The van der Waals surface area contributed by atoms with Crippen LogP contribution in [0.4, 0.5) is 0 Å². The van der Waals surface area contributed by atoms with E-state index in [-0.39, 0.29) is 4.90 Å². The van der Waals surface area contributed by atoms with Crippen molar-refractivity contribution in [3.8, 4) is 6.07 Å². The van der Waals surface area contributed by atoms with Gasteiger partial charge in [-0.2, -0.15) is 5.26 Å². The predicted octanol–water partition coefficient (Wildman–Crippen LogP) is 2.63. The summed E-state index contributed by atoms with van der Waals surface area (Å²) < 4.78 is 23.2. The van der Waals surface area contributed by atoms with Gasteiger partial charge in [0.15, 0.2) is 14.6 Å². The van der Waals surface area contributed by atoms with Crippen LogP contribution in [0.5, 0.6) is 0 Å². The van der Waals surface area contributed by atoms with E-state index in [1.807, 2.05) is 13.0 Å². The zero-order chi connectivity index (χ0) is 12.5. The molecule has 1 aromatic rings. The largest absolute Gasteiger partial charge is 0.222 e. The lowest BCUT2D eigenvalue weighted by molar-refractivity contribution is 0.588. The van der Waals surface area contributed by atoms with Gasteiger partial charge in [-0.15, -0.1) is 11.8 Å². The third kappa shape index (κ3) is 2.07. The van der Waals surface area contributed by atoms with Gasteiger partial charge in [0.05, 0.1) is 11.0 Å². The topological polar surface area (TPSA) is 57.9 Å². The number of nitriles is 1. The molecule has 0 aromatic heterocycles. The van der Waals surface area contributed by atoms with Crippen LogP contribution in [0.2, 0.25) is 0 Å². The minimum Gasteiger partial charge on any atom is -0.222 e. The van der Waals surface area contributed by atoms with E-state index < -0.39 is 14.6 Å². The molecule has 1 aromatic carbocycles. The van der Waals surface area contributed by atoms with Crippen LogP contribution in [-0.2, 0) is 9.84 Å². The van der Waals surface area contributed by atoms with Crippen LogP contribution in [-0.4, -0.2) is 18.9 Å². The third-order valence-corrected chi connectivity index (χ3v) is 6.18. The van der Waals surface area contributed by atoms with Gasteiger partial charge in [-0.25, -0.2) is 8.42 Å². The van der Waals surface area contributed by atoms with Gasteiger partial charge in [0.25, 0.3) is 0 Å². The molecule has 2 rings (SSSR count). The molecule has 3 nitrogen and oxygen atoms in total. The van der Waals surface area contributed by atoms with Gasteiger partial charge in [-0.05, 0) is 42.9 Å². The number of benzene rings is 1. The van der Waals surface area contributed by atoms with Crippen molar-refractivity contribution in [1.29, 1.82) is 5.26 Å². The average molecular weight is 267 g/mol. The standard InChI is InChI=1S/C12H13NO2S2/c1-2-16-10-3-5-11(6-4-10)17(14,15)12(9-13)7-8-12/h3-6H,2,7-8H2,1H3. The van der Waals surface area contributed by atoms with E-state index >= 15 is 0 Å². The lowest BCUT2D eigenvalue weighted by Gasteiger charge is -2.08. The first-order chi connectivity index (χ1) is 8.05. The molecule has 0 spiro atoms. The molecule has 0 heterocycles. The Bertz CT molecular complexity index is 551. The number of thioether (sulfide) groups is 1. The molecule has 0 bridgehead atoms. The zero-order valence-corrected chi connectivity index (χ0v) is 11.1. The van der Waals surface area contributed by atoms with Crippen molar-refractivity contribution < 1.29 is 8.42 Å². The highest BCUT2D eigenvalue weighted by molar-refractivity contribution is 7.99. The number of nitrogens with zero attached hydrogens (tertiary/aromatic N) is 1. The predicted molar refractivity (Wildman–Crippen MR) is 67.6 cm³/mol. The second-order valence-corrected chi connectivity index (χ2v) is 7.61. The summed E-state index contributed by atoms with van der Waals surface area (Å²) in [5, 5.41) is 8.96. The highest BCUT2D eigenvalue weighted by Crippen LogP contribution is 2.46. The SMILES string of the molecule is CCSc1ccc(S(=O)(=O)C2(C#N)CC2)cc1. The van der Waals surface area contributed by atoms with Crippen molar-refractivity contribution in [1.82, 2.24) is 0 Å². The molecule has 1 aliphatic carbocycles. The minimum absolute atomic E-state index is 0.261. The molecule has 0 saturated heterocycles. The second kappa shape index (κ2) is 4.35. The summed E-state index contributed by atoms with van der Waals surface area (Å²) in [6, 6.07) is 8.74. The molecular weight excluding hydrogens is 254 g/mol. The smallest absolute Gasteiger partial charge is 0.197 e. The van der Waals surface area contributed by atoms with E-state index in [1.54, 1.807) is 36.0 Å². The maximum Gasteiger partial charge on any atom is 0.197 e. The molecule has 1 aliphatic rings. The van der Waals surface area contributed by atoms with Crippen LogP contribution >= 0.6 is 11.8 Å². The van der Waals surface area contributed by atoms with Crippen molar-refractivity contribution in [3.05, 3.63) is 24.3 Å². The van der Waals surface area contributed by atoms with Crippen molar-refractivity contribution in [3.63, 3.8) is 0 Å². The second-order valence-electron chi connectivity index (χ2n) is 4.01. The first-order valence-electron chi connectivity index (χ1n) is 5.44. The molecule has 0 aliphatic heterocycles. The van der Waals surface area contributed by atoms with Crippen LogP contribution in [0.1, 0.15) is 19.8 Å². The van der Waals surface area contributed by atoms with E-state index in [0.29, 0.717) is 12.8 Å². The van der Waals surface area contributed by atoms with Gasteiger partial charge in [0.1, 0.15) is 0 Å². The van der Waals surface area contributed by atoms with Crippen molar-refractivity contribution in [2.75, 3.05) is 5.75 Å². The summed E-state index contributed by atoms with van der Waals surface area (Å²) in [6.07, 6.45) is 0.911. The zero-order valence-electron chi connectivity index (χ0n) is 9.51. The lowest BCUT2D eigenvalue weighted by Crippen LogP contribution is -2.21. The molecule has 1 fully saturated rings. The number of hydrogen-bond donors (Lipinski definition) is 0. The fourth-order valence-corrected chi connectivity index (χ4v) is 4.03. The Morgan fingerprint density at radius 1 is 1.35 bits per heavy atom. The lowest BCUT2D eigenvalue weighted by atomic mass is 10.4. The Balaban J connectivity index is 2.33. The summed E-state index contributed by atoms with van der Waals surface area (Å²) in [4.78, 5) is 1.31. The minimum atomic E-state index is -3.48.